The van der Waals surface area contributed by atoms with Gasteiger partial charge in [-0.25, -0.2) is 13.2 Å². The number of hydrogen-bond donors (Lipinski definition) is 1. The fourth-order valence-electron chi connectivity index (χ4n) is 3.70. The van der Waals surface area contributed by atoms with E-state index in [9.17, 15) is 18.0 Å². The van der Waals surface area contributed by atoms with Crippen LogP contribution in [0.3, 0.4) is 0 Å². The summed E-state index contributed by atoms with van der Waals surface area (Å²) in [5, 5.41) is 3.07. The number of nitrogens with one attached hydrogen (secondary N) is 1. The standard InChI is InChI=1S/C21H23ClN2O5S/c1-12-7-13(2)20(17(22)8-12)23-19(25)11-29-21(26)15-5-6-18-16(10-15)9-14(3)24(18)30(4,27)28/h5-8,10,14H,9,11H2,1-4H3,(H,23,25). The third-order valence-electron chi connectivity index (χ3n) is 4.86. The smallest absolute Gasteiger partial charge is 0.338 e. The van der Waals surface area contributed by atoms with Crippen LogP contribution in [0.2, 0.25) is 5.02 Å². The molecule has 0 saturated heterocycles. The van der Waals surface area contributed by atoms with Crippen LogP contribution in [-0.4, -0.2) is 39.2 Å². The lowest BCUT2D eigenvalue weighted by Crippen LogP contribution is -2.34. The predicted molar refractivity (Wildman–Crippen MR) is 117 cm³/mol. The minimum Gasteiger partial charge on any atom is -0.452 e. The molecule has 3 rings (SSSR count). The van der Waals surface area contributed by atoms with Crippen LogP contribution in [0.5, 0.6) is 0 Å². The second kappa shape index (κ2) is 8.28. The molecule has 1 aliphatic heterocycles. The Morgan fingerprint density at radius 1 is 1.23 bits per heavy atom. The van der Waals surface area contributed by atoms with Crippen LogP contribution < -0.4 is 9.62 Å². The number of carbonyl (C=O) groups excluding carboxylic acids is 2. The first-order valence-electron chi connectivity index (χ1n) is 9.33. The lowest BCUT2D eigenvalue weighted by Gasteiger charge is -2.21. The van der Waals surface area contributed by atoms with Gasteiger partial charge in [0, 0.05) is 6.04 Å². The minimum absolute atomic E-state index is 0.227. The van der Waals surface area contributed by atoms with Gasteiger partial charge in [0.25, 0.3) is 5.91 Å². The summed E-state index contributed by atoms with van der Waals surface area (Å²) in [5.41, 5.74) is 3.83. The molecule has 0 radical (unpaired) electrons. The van der Waals surface area contributed by atoms with E-state index in [0.717, 1.165) is 22.9 Å². The zero-order chi connectivity index (χ0) is 22.2. The Balaban J connectivity index is 1.66. The highest BCUT2D eigenvalue weighted by Gasteiger charge is 2.33. The highest BCUT2D eigenvalue weighted by Crippen LogP contribution is 2.34. The van der Waals surface area contributed by atoms with Gasteiger partial charge in [0.15, 0.2) is 6.61 Å². The number of ether oxygens (including phenoxy) is 1. The number of aryl methyl sites for hydroxylation is 2. The summed E-state index contributed by atoms with van der Waals surface area (Å²) < 4.78 is 30.5. The van der Waals surface area contributed by atoms with Crippen LogP contribution >= 0.6 is 11.6 Å². The van der Waals surface area contributed by atoms with Crippen molar-refractivity contribution >= 4 is 44.9 Å². The molecule has 1 heterocycles. The van der Waals surface area contributed by atoms with Crippen molar-refractivity contribution in [3.8, 4) is 0 Å². The van der Waals surface area contributed by atoms with Gasteiger partial charge in [-0.15, -0.1) is 0 Å². The van der Waals surface area contributed by atoms with Crippen LogP contribution in [0, 0.1) is 13.8 Å². The van der Waals surface area contributed by atoms with E-state index in [4.69, 9.17) is 16.3 Å². The molecule has 160 valence electrons. The van der Waals surface area contributed by atoms with Gasteiger partial charge in [-0.2, -0.15) is 0 Å². The number of fused-ring (bicyclic) bond motifs is 1. The van der Waals surface area contributed by atoms with Crippen LogP contribution in [-0.2, 0) is 26.0 Å². The molecule has 1 aliphatic rings. The Bertz CT molecular complexity index is 1110. The van der Waals surface area contributed by atoms with Crippen LogP contribution in [0.15, 0.2) is 30.3 Å². The van der Waals surface area contributed by atoms with Crippen molar-refractivity contribution in [3.63, 3.8) is 0 Å². The van der Waals surface area contributed by atoms with E-state index in [0.29, 0.717) is 22.8 Å². The number of nitrogens with zero attached hydrogens (tertiary/aromatic N) is 1. The maximum absolute atomic E-state index is 12.4. The van der Waals surface area contributed by atoms with E-state index in [1.807, 2.05) is 26.8 Å². The molecule has 2 aromatic rings. The van der Waals surface area contributed by atoms with E-state index in [2.05, 4.69) is 5.32 Å². The van der Waals surface area contributed by atoms with Crippen molar-refractivity contribution in [2.45, 2.75) is 33.2 Å². The van der Waals surface area contributed by atoms with Crippen molar-refractivity contribution < 1.29 is 22.7 Å². The Kier molecular flexibility index (Phi) is 6.10. The van der Waals surface area contributed by atoms with E-state index in [1.165, 1.54) is 10.4 Å². The number of rotatable bonds is 5. The molecular formula is C21H23ClN2O5S. The van der Waals surface area contributed by atoms with Crippen LogP contribution in [0.4, 0.5) is 11.4 Å². The Hall–Kier alpha value is -2.58. The van der Waals surface area contributed by atoms with Gasteiger partial charge in [-0.1, -0.05) is 17.7 Å². The SMILES string of the molecule is Cc1cc(C)c(NC(=O)COC(=O)c2ccc3c(c2)CC(C)N3S(C)(=O)=O)c(Cl)c1. The molecule has 1 unspecified atom stereocenters. The molecule has 1 amide bonds. The van der Waals surface area contributed by atoms with Crippen LogP contribution in [0.25, 0.3) is 0 Å². The number of sulfonamides is 1. The third-order valence-corrected chi connectivity index (χ3v) is 6.43. The number of benzene rings is 2. The fraction of sp³-hybridized carbons (Fsp3) is 0.333. The van der Waals surface area contributed by atoms with Crippen molar-refractivity contribution in [1.82, 2.24) is 0 Å². The zero-order valence-electron chi connectivity index (χ0n) is 17.2. The first-order chi connectivity index (χ1) is 14.0. The average Bonchev–Trinajstić information content (AvgIpc) is 2.97. The summed E-state index contributed by atoms with van der Waals surface area (Å²) in [6.07, 6.45) is 1.65. The number of halogens is 1. The van der Waals surface area contributed by atoms with E-state index in [1.54, 1.807) is 18.2 Å². The molecule has 2 aromatic carbocycles. The van der Waals surface area contributed by atoms with Crippen molar-refractivity contribution in [1.29, 1.82) is 0 Å². The second-order valence-electron chi connectivity index (χ2n) is 7.52. The summed E-state index contributed by atoms with van der Waals surface area (Å²) in [6.45, 7) is 5.07. The maximum atomic E-state index is 12.4. The van der Waals surface area contributed by atoms with Gasteiger partial charge in [0.05, 0.1) is 28.2 Å². The normalized spacial score (nSPS) is 15.6. The quantitative estimate of drug-likeness (QED) is 0.704. The summed E-state index contributed by atoms with van der Waals surface area (Å²) >= 11 is 6.18. The van der Waals surface area contributed by atoms with Gasteiger partial charge in [-0.05, 0) is 68.1 Å². The monoisotopic (exact) mass is 450 g/mol. The van der Waals surface area contributed by atoms with Gasteiger partial charge < -0.3 is 10.1 Å². The molecule has 0 aliphatic carbocycles. The number of esters is 1. The number of carbonyl (C=O) groups is 2. The van der Waals surface area contributed by atoms with E-state index < -0.39 is 28.5 Å². The summed E-state index contributed by atoms with van der Waals surface area (Å²) in [6, 6.07) is 8.09. The first-order valence-corrected chi connectivity index (χ1v) is 11.6. The third kappa shape index (κ3) is 4.60. The molecule has 1 N–H and O–H groups in total. The van der Waals surface area contributed by atoms with Gasteiger partial charge in [-0.3, -0.25) is 9.10 Å². The number of amides is 1. The lowest BCUT2D eigenvalue weighted by atomic mass is 10.1. The maximum Gasteiger partial charge on any atom is 0.338 e. The van der Waals surface area contributed by atoms with Crippen LogP contribution in [0.1, 0.15) is 34.0 Å². The molecule has 30 heavy (non-hydrogen) atoms. The molecule has 0 saturated carbocycles. The molecule has 0 spiro atoms. The lowest BCUT2D eigenvalue weighted by molar-refractivity contribution is -0.119. The van der Waals surface area contributed by atoms with Crippen molar-refractivity contribution in [3.05, 3.63) is 57.6 Å². The molecule has 1 atom stereocenters. The Labute approximate surface area is 181 Å². The van der Waals surface area contributed by atoms with E-state index in [-0.39, 0.29) is 11.6 Å². The number of anilines is 2. The van der Waals surface area contributed by atoms with Crippen molar-refractivity contribution in [2.75, 3.05) is 22.5 Å². The van der Waals surface area contributed by atoms with Gasteiger partial charge in [0.2, 0.25) is 10.0 Å². The largest absolute Gasteiger partial charge is 0.452 e. The Morgan fingerprint density at radius 3 is 2.57 bits per heavy atom. The fourth-order valence-corrected chi connectivity index (χ4v) is 5.33. The second-order valence-corrected chi connectivity index (χ2v) is 9.79. The zero-order valence-corrected chi connectivity index (χ0v) is 18.7. The highest BCUT2D eigenvalue weighted by atomic mass is 35.5. The Morgan fingerprint density at radius 2 is 1.93 bits per heavy atom. The first kappa shape index (κ1) is 22.1. The average molecular weight is 451 g/mol. The molecule has 0 bridgehead atoms. The van der Waals surface area contributed by atoms with Crippen molar-refractivity contribution in [2.24, 2.45) is 0 Å². The van der Waals surface area contributed by atoms with E-state index >= 15 is 0 Å². The highest BCUT2D eigenvalue weighted by molar-refractivity contribution is 7.92. The summed E-state index contributed by atoms with van der Waals surface area (Å²) in [5.74, 6) is -1.17. The summed E-state index contributed by atoms with van der Waals surface area (Å²) in [7, 11) is -3.41. The molecule has 0 fully saturated rings. The molecule has 9 heteroatoms. The molecular weight excluding hydrogens is 428 g/mol. The van der Waals surface area contributed by atoms with Gasteiger partial charge >= 0.3 is 5.97 Å². The molecule has 7 nitrogen and oxygen atoms in total. The molecule has 0 aromatic heterocycles. The number of hydrogen-bond acceptors (Lipinski definition) is 5. The minimum atomic E-state index is -3.41. The topological polar surface area (TPSA) is 92.8 Å². The summed E-state index contributed by atoms with van der Waals surface area (Å²) in [4.78, 5) is 24.6. The van der Waals surface area contributed by atoms with Gasteiger partial charge in [0.1, 0.15) is 0 Å². The predicted octanol–water partition coefficient (Wildman–Crippen LogP) is 3.46.